The van der Waals surface area contributed by atoms with Crippen molar-refractivity contribution in [1.29, 1.82) is 0 Å². The molecule has 0 spiro atoms. The monoisotopic (exact) mass is 379 g/mol. The van der Waals surface area contributed by atoms with Crippen molar-refractivity contribution in [3.63, 3.8) is 0 Å². The first-order valence-electron chi connectivity index (χ1n) is 7.64. The van der Waals surface area contributed by atoms with Crippen LogP contribution in [0.4, 0.5) is 18.9 Å². The number of carboxylic acids is 1. The standard InChI is InChI=1S/C19H16F3NO4/c1-11-16(23(2)3)13(10-15(17(11)24)18(25)26)7-4-12-5-8-14(9-6-12)27-19(20,21)22/h5-6,8-10,24H,1-3H3,(H,25,26). The largest absolute Gasteiger partial charge is 0.573 e. The topological polar surface area (TPSA) is 70.0 Å². The maximum atomic E-state index is 12.2. The van der Waals surface area contributed by atoms with Gasteiger partial charge in [-0.1, -0.05) is 11.8 Å². The van der Waals surface area contributed by atoms with Crippen LogP contribution in [0.2, 0.25) is 0 Å². The molecule has 0 heterocycles. The van der Waals surface area contributed by atoms with E-state index >= 15 is 0 Å². The van der Waals surface area contributed by atoms with E-state index in [1.165, 1.54) is 18.2 Å². The fraction of sp³-hybridized carbons (Fsp3) is 0.211. The lowest BCUT2D eigenvalue weighted by atomic mass is 10.0. The van der Waals surface area contributed by atoms with Crippen molar-refractivity contribution in [3.8, 4) is 23.3 Å². The average Bonchev–Trinajstić information content (AvgIpc) is 2.54. The van der Waals surface area contributed by atoms with Gasteiger partial charge in [0.25, 0.3) is 0 Å². The molecule has 142 valence electrons. The van der Waals surface area contributed by atoms with Crippen LogP contribution in [0.3, 0.4) is 0 Å². The second-order valence-corrected chi connectivity index (χ2v) is 5.82. The molecule has 0 atom stereocenters. The Kier molecular flexibility index (Phi) is 5.55. The van der Waals surface area contributed by atoms with Crippen LogP contribution in [0.15, 0.2) is 30.3 Å². The van der Waals surface area contributed by atoms with E-state index < -0.39 is 12.3 Å². The van der Waals surface area contributed by atoms with Crippen molar-refractivity contribution in [3.05, 3.63) is 52.6 Å². The van der Waals surface area contributed by atoms with Gasteiger partial charge in [-0.05, 0) is 37.3 Å². The van der Waals surface area contributed by atoms with E-state index in [0.29, 0.717) is 22.4 Å². The summed E-state index contributed by atoms with van der Waals surface area (Å²) in [5.74, 6) is 3.58. The van der Waals surface area contributed by atoms with Gasteiger partial charge in [-0.15, -0.1) is 13.2 Å². The number of aromatic hydroxyl groups is 1. The van der Waals surface area contributed by atoms with E-state index in [-0.39, 0.29) is 17.1 Å². The van der Waals surface area contributed by atoms with Crippen molar-refractivity contribution in [2.45, 2.75) is 13.3 Å². The van der Waals surface area contributed by atoms with Crippen molar-refractivity contribution in [2.24, 2.45) is 0 Å². The zero-order valence-corrected chi connectivity index (χ0v) is 14.7. The highest BCUT2D eigenvalue weighted by Gasteiger charge is 2.30. The number of aromatic carboxylic acids is 1. The number of hydrogen-bond donors (Lipinski definition) is 2. The fourth-order valence-electron chi connectivity index (χ4n) is 2.51. The minimum Gasteiger partial charge on any atom is -0.507 e. The van der Waals surface area contributed by atoms with E-state index in [1.54, 1.807) is 25.9 Å². The summed E-state index contributed by atoms with van der Waals surface area (Å²) < 4.78 is 40.3. The maximum Gasteiger partial charge on any atom is 0.573 e. The van der Waals surface area contributed by atoms with Crippen LogP contribution in [0.1, 0.15) is 27.0 Å². The van der Waals surface area contributed by atoms with E-state index in [0.717, 1.165) is 12.1 Å². The lowest BCUT2D eigenvalue weighted by Crippen LogP contribution is -2.16. The Hall–Kier alpha value is -3.34. The Morgan fingerprint density at radius 3 is 2.22 bits per heavy atom. The van der Waals surface area contributed by atoms with Crippen molar-refractivity contribution < 1.29 is 32.9 Å². The summed E-state index contributed by atoms with van der Waals surface area (Å²) in [6.07, 6.45) is -4.77. The van der Waals surface area contributed by atoms with Gasteiger partial charge in [-0.2, -0.15) is 0 Å². The minimum atomic E-state index is -4.77. The number of anilines is 1. The molecule has 0 radical (unpaired) electrons. The fourth-order valence-corrected chi connectivity index (χ4v) is 2.51. The van der Waals surface area contributed by atoms with Gasteiger partial charge >= 0.3 is 12.3 Å². The molecule has 27 heavy (non-hydrogen) atoms. The number of rotatable bonds is 3. The summed E-state index contributed by atoms with van der Waals surface area (Å²) in [6.45, 7) is 1.57. The summed E-state index contributed by atoms with van der Waals surface area (Å²) in [6, 6.07) is 6.24. The maximum absolute atomic E-state index is 12.2. The SMILES string of the molecule is Cc1c(O)c(C(=O)O)cc(C#Cc2ccc(OC(F)(F)F)cc2)c1N(C)C. The molecule has 8 heteroatoms. The highest BCUT2D eigenvalue weighted by molar-refractivity contribution is 5.93. The Labute approximate surface area is 153 Å². The molecule has 2 aromatic rings. The molecule has 0 aliphatic heterocycles. The average molecular weight is 379 g/mol. The molecule has 2 N–H and O–H groups in total. The van der Waals surface area contributed by atoms with Crippen molar-refractivity contribution >= 4 is 11.7 Å². The number of benzene rings is 2. The number of phenols is 1. The van der Waals surface area contributed by atoms with Gasteiger partial charge in [0, 0.05) is 30.8 Å². The lowest BCUT2D eigenvalue weighted by Gasteiger charge is -2.19. The van der Waals surface area contributed by atoms with Crippen LogP contribution in [-0.2, 0) is 0 Å². The lowest BCUT2D eigenvalue weighted by molar-refractivity contribution is -0.274. The molecule has 0 aliphatic carbocycles. The number of nitrogens with zero attached hydrogens (tertiary/aromatic N) is 1. The zero-order chi connectivity index (χ0) is 20.4. The van der Waals surface area contributed by atoms with Gasteiger partial charge in [0.15, 0.2) is 0 Å². The molecule has 5 nitrogen and oxygen atoms in total. The number of alkyl halides is 3. The van der Waals surface area contributed by atoms with Crippen LogP contribution in [0.5, 0.6) is 11.5 Å². The first-order chi connectivity index (χ1) is 12.5. The van der Waals surface area contributed by atoms with Gasteiger partial charge in [0.2, 0.25) is 0 Å². The summed E-state index contributed by atoms with van der Waals surface area (Å²) in [4.78, 5) is 13.0. The smallest absolute Gasteiger partial charge is 0.507 e. The summed E-state index contributed by atoms with van der Waals surface area (Å²) in [7, 11) is 3.44. The van der Waals surface area contributed by atoms with E-state index in [9.17, 15) is 28.2 Å². The molecule has 0 unspecified atom stereocenters. The van der Waals surface area contributed by atoms with Crippen LogP contribution >= 0.6 is 0 Å². The van der Waals surface area contributed by atoms with E-state index in [1.807, 2.05) is 0 Å². The Morgan fingerprint density at radius 2 is 1.74 bits per heavy atom. The third-order valence-corrected chi connectivity index (χ3v) is 3.62. The summed E-state index contributed by atoms with van der Waals surface area (Å²) >= 11 is 0. The quantitative estimate of drug-likeness (QED) is 0.795. The molecule has 0 bridgehead atoms. The summed E-state index contributed by atoms with van der Waals surface area (Å²) in [5.41, 5.74) is 1.40. The number of ether oxygens (including phenoxy) is 1. The third kappa shape index (κ3) is 4.85. The van der Waals surface area contributed by atoms with Crippen LogP contribution in [0, 0.1) is 18.8 Å². The third-order valence-electron chi connectivity index (χ3n) is 3.62. The second kappa shape index (κ2) is 7.50. The van der Waals surface area contributed by atoms with Gasteiger partial charge in [-0.25, -0.2) is 4.79 Å². The molecule has 2 aromatic carbocycles. The first-order valence-corrected chi connectivity index (χ1v) is 7.64. The molecule has 0 aromatic heterocycles. The summed E-state index contributed by atoms with van der Waals surface area (Å²) in [5, 5.41) is 19.3. The van der Waals surface area contributed by atoms with Crippen LogP contribution in [0.25, 0.3) is 0 Å². The highest BCUT2D eigenvalue weighted by atomic mass is 19.4. The molecular formula is C19H16F3NO4. The van der Waals surface area contributed by atoms with Gasteiger partial charge < -0.3 is 19.8 Å². The molecule has 0 saturated carbocycles. The Bertz CT molecular complexity index is 923. The number of halogens is 3. The van der Waals surface area contributed by atoms with Crippen molar-refractivity contribution in [2.75, 3.05) is 19.0 Å². The second-order valence-electron chi connectivity index (χ2n) is 5.82. The van der Waals surface area contributed by atoms with E-state index in [2.05, 4.69) is 16.6 Å². The van der Waals surface area contributed by atoms with Gasteiger partial charge in [0.05, 0.1) is 5.69 Å². The number of hydrogen-bond acceptors (Lipinski definition) is 4. The van der Waals surface area contributed by atoms with Crippen molar-refractivity contribution in [1.82, 2.24) is 0 Å². The number of carboxylic acid groups (broad SMARTS) is 1. The molecular weight excluding hydrogens is 363 g/mol. The molecule has 0 fully saturated rings. The predicted molar refractivity (Wildman–Crippen MR) is 93.2 cm³/mol. The van der Waals surface area contributed by atoms with E-state index in [4.69, 9.17) is 0 Å². The Balaban J connectivity index is 2.44. The number of carbonyl (C=O) groups is 1. The Morgan fingerprint density at radius 1 is 1.15 bits per heavy atom. The minimum absolute atomic E-state index is 0.281. The van der Waals surface area contributed by atoms with Gasteiger partial charge in [-0.3, -0.25) is 0 Å². The van der Waals surface area contributed by atoms with Gasteiger partial charge in [0.1, 0.15) is 17.1 Å². The van der Waals surface area contributed by atoms with Crippen LogP contribution in [-0.4, -0.2) is 36.6 Å². The molecule has 2 rings (SSSR count). The van der Waals surface area contributed by atoms with Crippen LogP contribution < -0.4 is 9.64 Å². The molecule has 0 amide bonds. The highest BCUT2D eigenvalue weighted by Crippen LogP contribution is 2.34. The zero-order valence-electron chi connectivity index (χ0n) is 14.7. The normalized spacial score (nSPS) is 10.7. The molecule has 0 saturated heterocycles. The molecule has 0 aliphatic rings. The first kappa shape index (κ1) is 20.0. The predicted octanol–water partition coefficient (Wildman–Crippen LogP) is 3.76.